The van der Waals surface area contributed by atoms with Crippen LogP contribution in [0.25, 0.3) is 0 Å². The summed E-state index contributed by atoms with van der Waals surface area (Å²) in [5, 5.41) is 17.6. The molecule has 0 bridgehead atoms. The van der Waals surface area contributed by atoms with E-state index in [0.29, 0.717) is 17.9 Å². The maximum atomic E-state index is 10.8. The topological polar surface area (TPSA) is 64.3 Å². The first-order valence-corrected chi connectivity index (χ1v) is 6.94. The molecule has 0 aromatic heterocycles. The van der Waals surface area contributed by atoms with E-state index < -0.39 is 5.97 Å². The standard InChI is InChI=1S/C16H22N2O2/c1-13(2)8-11-18(10-3-9-17)12-14-4-6-15(7-5-14)16(19)20/h4-7,13H,3,8,10-12H2,1-2H3,(H,19,20). The molecule has 1 N–H and O–H groups in total. The molecule has 0 unspecified atom stereocenters. The molecule has 0 saturated heterocycles. The van der Waals surface area contributed by atoms with E-state index >= 15 is 0 Å². The summed E-state index contributed by atoms with van der Waals surface area (Å²) in [5.41, 5.74) is 1.39. The quantitative estimate of drug-likeness (QED) is 0.791. The first kappa shape index (κ1) is 16.2. The van der Waals surface area contributed by atoms with E-state index in [1.165, 1.54) is 0 Å². The number of benzene rings is 1. The fourth-order valence-electron chi connectivity index (χ4n) is 1.93. The average Bonchev–Trinajstić information content (AvgIpc) is 2.42. The van der Waals surface area contributed by atoms with Crippen LogP contribution in [-0.2, 0) is 6.54 Å². The smallest absolute Gasteiger partial charge is 0.335 e. The van der Waals surface area contributed by atoms with Crippen molar-refractivity contribution in [2.45, 2.75) is 33.2 Å². The zero-order valence-corrected chi connectivity index (χ0v) is 12.2. The van der Waals surface area contributed by atoms with Crippen LogP contribution in [0.3, 0.4) is 0 Å². The minimum Gasteiger partial charge on any atom is -0.478 e. The van der Waals surface area contributed by atoms with Crippen LogP contribution in [0.2, 0.25) is 0 Å². The van der Waals surface area contributed by atoms with Gasteiger partial charge in [0.1, 0.15) is 0 Å². The lowest BCUT2D eigenvalue weighted by molar-refractivity contribution is 0.0697. The number of carbonyl (C=O) groups is 1. The van der Waals surface area contributed by atoms with Crippen molar-refractivity contribution in [1.29, 1.82) is 5.26 Å². The number of hydrogen-bond donors (Lipinski definition) is 1. The molecule has 0 aliphatic heterocycles. The summed E-state index contributed by atoms with van der Waals surface area (Å²) >= 11 is 0. The van der Waals surface area contributed by atoms with Gasteiger partial charge >= 0.3 is 5.97 Å². The molecule has 0 saturated carbocycles. The van der Waals surface area contributed by atoms with E-state index in [1.807, 2.05) is 12.1 Å². The van der Waals surface area contributed by atoms with E-state index in [1.54, 1.807) is 12.1 Å². The molecule has 1 aromatic carbocycles. The second kappa shape index (κ2) is 8.34. The lowest BCUT2D eigenvalue weighted by Crippen LogP contribution is -2.26. The van der Waals surface area contributed by atoms with Crippen LogP contribution in [0.15, 0.2) is 24.3 Å². The number of rotatable bonds is 8. The van der Waals surface area contributed by atoms with E-state index in [-0.39, 0.29) is 0 Å². The zero-order chi connectivity index (χ0) is 15.0. The largest absolute Gasteiger partial charge is 0.478 e. The molecule has 0 aliphatic rings. The first-order valence-electron chi connectivity index (χ1n) is 6.94. The number of nitriles is 1. The average molecular weight is 274 g/mol. The summed E-state index contributed by atoms with van der Waals surface area (Å²) in [6, 6.07) is 9.12. The maximum absolute atomic E-state index is 10.8. The van der Waals surface area contributed by atoms with Crippen LogP contribution >= 0.6 is 0 Å². The van der Waals surface area contributed by atoms with Gasteiger partial charge in [0, 0.05) is 19.5 Å². The minimum atomic E-state index is -0.905. The van der Waals surface area contributed by atoms with Gasteiger partial charge in [-0.15, -0.1) is 0 Å². The Bertz CT molecular complexity index is 460. The molecule has 0 radical (unpaired) electrons. The number of carboxylic acid groups (broad SMARTS) is 1. The Balaban J connectivity index is 2.63. The highest BCUT2D eigenvalue weighted by Gasteiger charge is 2.08. The molecule has 20 heavy (non-hydrogen) atoms. The van der Waals surface area contributed by atoms with Gasteiger partial charge in [0.15, 0.2) is 0 Å². The van der Waals surface area contributed by atoms with Gasteiger partial charge in [0.25, 0.3) is 0 Å². The molecule has 4 heteroatoms. The summed E-state index contributed by atoms with van der Waals surface area (Å²) < 4.78 is 0. The summed E-state index contributed by atoms with van der Waals surface area (Å²) in [6.07, 6.45) is 1.62. The van der Waals surface area contributed by atoms with Crippen molar-refractivity contribution in [3.8, 4) is 6.07 Å². The van der Waals surface area contributed by atoms with Gasteiger partial charge in [-0.05, 0) is 36.6 Å². The van der Waals surface area contributed by atoms with Crippen molar-refractivity contribution >= 4 is 5.97 Å². The first-order chi connectivity index (χ1) is 9.52. The normalized spacial score (nSPS) is 10.8. The van der Waals surface area contributed by atoms with E-state index in [2.05, 4.69) is 24.8 Å². The van der Waals surface area contributed by atoms with Crippen molar-refractivity contribution < 1.29 is 9.90 Å². The molecule has 0 heterocycles. The molecule has 0 amide bonds. The van der Waals surface area contributed by atoms with Crippen molar-refractivity contribution in [3.63, 3.8) is 0 Å². The van der Waals surface area contributed by atoms with Crippen LogP contribution in [0, 0.1) is 17.2 Å². The van der Waals surface area contributed by atoms with E-state index in [9.17, 15) is 4.79 Å². The van der Waals surface area contributed by atoms with Crippen LogP contribution in [-0.4, -0.2) is 29.1 Å². The minimum absolute atomic E-state index is 0.305. The molecule has 1 rings (SSSR count). The predicted molar refractivity (Wildman–Crippen MR) is 78.4 cm³/mol. The van der Waals surface area contributed by atoms with Crippen molar-refractivity contribution in [1.82, 2.24) is 4.90 Å². The molecule has 0 spiro atoms. The molecule has 0 atom stereocenters. The molecular formula is C16H22N2O2. The molecule has 0 fully saturated rings. The summed E-state index contributed by atoms with van der Waals surface area (Å²) in [4.78, 5) is 13.1. The Labute approximate surface area is 120 Å². The van der Waals surface area contributed by atoms with E-state index in [4.69, 9.17) is 10.4 Å². The highest BCUT2D eigenvalue weighted by Crippen LogP contribution is 2.10. The third kappa shape index (κ3) is 5.85. The highest BCUT2D eigenvalue weighted by molar-refractivity contribution is 5.87. The maximum Gasteiger partial charge on any atom is 0.335 e. The molecule has 4 nitrogen and oxygen atoms in total. The fourth-order valence-corrected chi connectivity index (χ4v) is 1.93. The van der Waals surface area contributed by atoms with Crippen LogP contribution < -0.4 is 0 Å². The van der Waals surface area contributed by atoms with Crippen molar-refractivity contribution in [2.75, 3.05) is 13.1 Å². The summed E-state index contributed by atoms with van der Waals surface area (Å²) in [6.45, 7) is 6.84. The summed E-state index contributed by atoms with van der Waals surface area (Å²) in [7, 11) is 0. The Kier molecular flexibility index (Phi) is 6.75. The molecule has 1 aromatic rings. The SMILES string of the molecule is CC(C)CCN(CCC#N)Cc1ccc(C(=O)O)cc1. The van der Waals surface area contributed by atoms with Gasteiger partial charge in [0.2, 0.25) is 0 Å². The van der Waals surface area contributed by atoms with Crippen LogP contribution in [0.1, 0.15) is 42.6 Å². The van der Waals surface area contributed by atoms with Gasteiger partial charge in [-0.25, -0.2) is 4.79 Å². The predicted octanol–water partition coefficient (Wildman–Crippen LogP) is 3.15. The van der Waals surface area contributed by atoms with E-state index in [0.717, 1.165) is 31.6 Å². The van der Waals surface area contributed by atoms with Gasteiger partial charge in [0.05, 0.1) is 11.6 Å². The second-order valence-electron chi connectivity index (χ2n) is 5.37. The fraction of sp³-hybridized carbons (Fsp3) is 0.500. The Morgan fingerprint density at radius 2 is 1.95 bits per heavy atom. The number of carboxylic acids is 1. The van der Waals surface area contributed by atoms with Crippen LogP contribution in [0.4, 0.5) is 0 Å². The monoisotopic (exact) mass is 274 g/mol. The highest BCUT2D eigenvalue weighted by atomic mass is 16.4. The lowest BCUT2D eigenvalue weighted by atomic mass is 10.1. The van der Waals surface area contributed by atoms with Gasteiger partial charge in [-0.3, -0.25) is 4.90 Å². The number of aromatic carboxylic acids is 1. The number of hydrogen-bond acceptors (Lipinski definition) is 3. The molecule has 0 aliphatic carbocycles. The van der Waals surface area contributed by atoms with Gasteiger partial charge in [-0.1, -0.05) is 26.0 Å². The van der Waals surface area contributed by atoms with Crippen LogP contribution in [0.5, 0.6) is 0 Å². The zero-order valence-electron chi connectivity index (χ0n) is 12.2. The number of nitrogens with zero attached hydrogens (tertiary/aromatic N) is 2. The van der Waals surface area contributed by atoms with Gasteiger partial charge in [-0.2, -0.15) is 5.26 Å². The Hall–Kier alpha value is -1.86. The Morgan fingerprint density at radius 3 is 2.45 bits per heavy atom. The lowest BCUT2D eigenvalue weighted by Gasteiger charge is -2.22. The summed E-state index contributed by atoms with van der Waals surface area (Å²) in [5.74, 6) is -0.272. The van der Waals surface area contributed by atoms with Crippen molar-refractivity contribution in [3.05, 3.63) is 35.4 Å². The third-order valence-corrected chi connectivity index (χ3v) is 3.17. The van der Waals surface area contributed by atoms with Crippen molar-refractivity contribution in [2.24, 2.45) is 5.92 Å². The molecular weight excluding hydrogens is 252 g/mol. The Morgan fingerprint density at radius 1 is 1.30 bits per heavy atom. The third-order valence-electron chi connectivity index (χ3n) is 3.17. The second-order valence-corrected chi connectivity index (χ2v) is 5.37. The van der Waals surface area contributed by atoms with Gasteiger partial charge < -0.3 is 5.11 Å². The molecule has 108 valence electrons.